The smallest absolute Gasteiger partial charge is 0.100 e. The molecule has 2 aromatic rings. The van der Waals surface area contributed by atoms with Gasteiger partial charge in [-0.1, -0.05) is 62.4 Å². The molecular formula is C24H28N2. The molecule has 1 aromatic carbocycles. The number of benzene rings is 1. The molecule has 1 heterocycles. The summed E-state index contributed by atoms with van der Waals surface area (Å²) in [5.41, 5.74) is 6.98. The van der Waals surface area contributed by atoms with E-state index in [9.17, 15) is 5.26 Å². The largest absolute Gasteiger partial charge is 0.256 e. The lowest BCUT2D eigenvalue weighted by Crippen LogP contribution is -2.27. The highest BCUT2D eigenvalue weighted by molar-refractivity contribution is 5.74. The molecule has 1 aromatic heterocycles. The van der Waals surface area contributed by atoms with Crippen molar-refractivity contribution in [3.05, 3.63) is 52.8 Å². The van der Waals surface area contributed by atoms with Gasteiger partial charge in [-0.3, -0.25) is 4.98 Å². The molecule has 2 aliphatic rings. The average Bonchev–Trinajstić information content (AvgIpc) is 3.02. The first kappa shape index (κ1) is 17.3. The first-order valence-corrected chi connectivity index (χ1v) is 10.1. The number of aromatic nitrogens is 1. The molecule has 1 atom stereocenters. The molecule has 0 aliphatic heterocycles. The summed E-state index contributed by atoms with van der Waals surface area (Å²) in [7, 11) is 0. The standard InChI is InChI=1S/C24H28N2/c1-17-18(2)26-23-21(22(17)20-11-7-4-8-12-20)13-14-24(23,16-25)15-19-9-5-3-6-10-19/h4,7-8,11-12,19H,3,5-6,9-10,13-15H2,1-2H3/t24-/m0/s1. The van der Waals surface area contributed by atoms with Gasteiger partial charge in [-0.2, -0.15) is 5.26 Å². The zero-order valence-corrected chi connectivity index (χ0v) is 16.0. The van der Waals surface area contributed by atoms with Crippen LogP contribution < -0.4 is 0 Å². The van der Waals surface area contributed by atoms with Crippen molar-refractivity contribution in [3.8, 4) is 17.2 Å². The Labute approximate surface area is 157 Å². The summed E-state index contributed by atoms with van der Waals surface area (Å²) in [6.45, 7) is 4.28. The Morgan fingerprint density at radius 2 is 1.85 bits per heavy atom. The Bertz CT molecular complexity index is 841. The molecule has 0 spiro atoms. The molecule has 1 fully saturated rings. The van der Waals surface area contributed by atoms with Crippen molar-refractivity contribution in [2.24, 2.45) is 5.92 Å². The van der Waals surface area contributed by atoms with Crippen LogP contribution in [-0.2, 0) is 11.8 Å². The molecule has 26 heavy (non-hydrogen) atoms. The van der Waals surface area contributed by atoms with E-state index in [1.54, 1.807) is 0 Å². The zero-order chi connectivity index (χ0) is 18.1. The number of hydrogen-bond donors (Lipinski definition) is 0. The second-order valence-electron chi connectivity index (χ2n) is 8.29. The van der Waals surface area contributed by atoms with E-state index >= 15 is 0 Å². The van der Waals surface area contributed by atoms with Crippen LogP contribution in [-0.4, -0.2) is 4.98 Å². The van der Waals surface area contributed by atoms with Gasteiger partial charge < -0.3 is 0 Å². The topological polar surface area (TPSA) is 36.7 Å². The van der Waals surface area contributed by atoms with Crippen molar-refractivity contribution < 1.29 is 0 Å². The fourth-order valence-electron chi connectivity index (χ4n) is 5.17. The van der Waals surface area contributed by atoms with E-state index in [2.05, 4.69) is 50.2 Å². The van der Waals surface area contributed by atoms with Crippen LogP contribution in [0.3, 0.4) is 0 Å². The Kier molecular flexibility index (Phi) is 4.57. The van der Waals surface area contributed by atoms with Gasteiger partial charge in [-0.15, -0.1) is 0 Å². The number of pyridine rings is 1. The number of nitrogens with zero attached hydrogens (tertiary/aromatic N) is 2. The molecule has 0 saturated heterocycles. The summed E-state index contributed by atoms with van der Waals surface area (Å²) < 4.78 is 0. The van der Waals surface area contributed by atoms with Gasteiger partial charge in [0.1, 0.15) is 5.41 Å². The first-order chi connectivity index (χ1) is 12.6. The van der Waals surface area contributed by atoms with Gasteiger partial charge in [0.25, 0.3) is 0 Å². The summed E-state index contributed by atoms with van der Waals surface area (Å²) >= 11 is 0. The maximum absolute atomic E-state index is 10.2. The van der Waals surface area contributed by atoms with Crippen LogP contribution in [0.1, 0.15) is 67.5 Å². The van der Waals surface area contributed by atoms with Crippen LogP contribution in [0.2, 0.25) is 0 Å². The molecule has 0 N–H and O–H groups in total. The van der Waals surface area contributed by atoms with E-state index in [4.69, 9.17) is 4.98 Å². The number of nitriles is 1. The van der Waals surface area contributed by atoms with Crippen molar-refractivity contribution in [3.63, 3.8) is 0 Å². The van der Waals surface area contributed by atoms with Crippen LogP contribution in [0.4, 0.5) is 0 Å². The number of hydrogen-bond acceptors (Lipinski definition) is 2. The maximum atomic E-state index is 10.2. The lowest BCUT2D eigenvalue weighted by molar-refractivity contribution is 0.286. The molecule has 2 heteroatoms. The van der Waals surface area contributed by atoms with Gasteiger partial charge >= 0.3 is 0 Å². The van der Waals surface area contributed by atoms with E-state index in [1.165, 1.54) is 54.4 Å². The summed E-state index contributed by atoms with van der Waals surface area (Å²) in [6, 6.07) is 13.4. The minimum atomic E-state index is -0.376. The lowest BCUT2D eigenvalue weighted by Gasteiger charge is -2.30. The first-order valence-electron chi connectivity index (χ1n) is 10.1. The summed E-state index contributed by atoms with van der Waals surface area (Å²) in [5.74, 6) is 0.693. The molecule has 2 aliphatic carbocycles. The third-order valence-corrected chi connectivity index (χ3v) is 6.68. The lowest BCUT2D eigenvalue weighted by atomic mass is 9.73. The molecule has 1 saturated carbocycles. The quantitative estimate of drug-likeness (QED) is 0.680. The molecule has 0 radical (unpaired) electrons. The minimum Gasteiger partial charge on any atom is -0.256 e. The molecule has 134 valence electrons. The van der Waals surface area contributed by atoms with E-state index in [-0.39, 0.29) is 5.41 Å². The van der Waals surface area contributed by atoms with Crippen LogP contribution in [0.15, 0.2) is 30.3 Å². The van der Waals surface area contributed by atoms with Gasteiger partial charge in [0.15, 0.2) is 0 Å². The number of aryl methyl sites for hydroxylation is 1. The molecule has 0 unspecified atom stereocenters. The Balaban J connectivity index is 1.81. The molecular weight excluding hydrogens is 316 g/mol. The molecule has 0 amide bonds. The average molecular weight is 345 g/mol. The van der Waals surface area contributed by atoms with Crippen molar-refractivity contribution in [1.82, 2.24) is 4.98 Å². The molecule has 0 bridgehead atoms. The zero-order valence-electron chi connectivity index (χ0n) is 16.0. The Morgan fingerprint density at radius 3 is 2.54 bits per heavy atom. The van der Waals surface area contributed by atoms with E-state index < -0.39 is 0 Å². The van der Waals surface area contributed by atoms with Gasteiger partial charge in [-0.05, 0) is 61.3 Å². The third kappa shape index (κ3) is 2.84. The predicted molar refractivity (Wildman–Crippen MR) is 106 cm³/mol. The van der Waals surface area contributed by atoms with Crippen molar-refractivity contribution >= 4 is 0 Å². The van der Waals surface area contributed by atoms with E-state index in [0.717, 1.165) is 30.7 Å². The molecule has 2 nitrogen and oxygen atoms in total. The third-order valence-electron chi connectivity index (χ3n) is 6.68. The summed E-state index contributed by atoms with van der Waals surface area (Å²) in [5, 5.41) is 10.2. The highest BCUT2D eigenvalue weighted by atomic mass is 14.8. The monoisotopic (exact) mass is 344 g/mol. The predicted octanol–water partition coefficient (Wildman–Crippen LogP) is 6.04. The normalized spacial score (nSPS) is 22.8. The van der Waals surface area contributed by atoms with Gasteiger partial charge in [-0.25, -0.2) is 0 Å². The van der Waals surface area contributed by atoms with E-state index in [1.807, 2.05) is 0 Å². The van der Waals surface area contributed by atoms with Gasteiger partial charge in [0.2, 0.25) is 0 Å². The van der Waals surface area contributed by atoms with Crippen molar-refractivity contribution in [1.29, 1.82) is 5.26 Å². The fraction of sp³-hybridized carbons (Fsp3) is 0.500. The van der Waals surface area contributed by atoms with Crippen molar-refractivity contribution in [2.75, 3.05) is 0 Å². The minimum absolute atomic E-state index is 0.376. The highest BCUT2D eigenvalue weighted by Gasteiger charge is 2.44. The summed E-state index contributed by atoms with van der Waals surface area (Å²) in [6.07, 6.45) is 9.51. The van der Waals surface area contributed by atoms with Crippen LogP contribution in [0, 0.1) is 31.1 Å². The van der Waals surface area contributed by atoms with Crippen LogP contribution in [0.5, 0.6) is 0 Å². The van der Waals surface area contributed by atoms with Crippen LogP contribution >= 0.6 is 0 Å². The Morgan fingerprint density at radius 1 is 1.12 bits per heavy atom. The number of fused-ring (bicyclic) bond motifs is 1. The van der Waals surface area contributed by atoms with E-state index in [0.29, 0.717) is 5.92 Å². The Hall–Kier alpha value is -2.14. The van der Waals surface area contributed by atoms with Crippen LogP contribution in [0.25, 0.3) is 11.1 Å². The van der Waals surface area contributed by atoms with Gasteiger partial charge in [0, 0.05) is 5.69 Å². The second kappa shape index (κ2) is 6.88. The SMILES string of the molecule is Cc1nc2c(c(-c3ccccc3)c1C)CC[C@@]2(C#N)CC1CCCCC1. The second-order valence-corrected chi connectivity index (χ2v) is 8.29. The maximum Gasteiger partial charge on any atom is 0.100 e. The fourth-order valence-corrected chi connectivity index (χ4v) is 5.17. The number of rotatable bonds is 3. The highest BCUT2D eigenvalue weighted by Crippen LogP contribution is 2.48. The van der Waals surface area contributed by atoms with Gasteiger partial charge in [0.05, 0.1) is 11.8 Å². The summed E-state index contributed by atoms with van der Waals surface area (Å²) in [4.78, 5) is 5.01. The van der Waals surface area contributed by atoms with Crippen molar-refractivity contribution in [2.45, 2.75) is 70.6 Å². The molecule has 4 rings (SSSR count).